The van der Waals surface area contributed by atoms with Crippen LogP contribution in [0.25, 0.3) is 0 Å². The SMILES string of the molecule is CCCNCc1ccc(S(=O)(=O)N(C)CC)c(Br)c1. The molecule has 4 nitrogen and oxygen atoms in total. The molecule has 0 heterocycles. The molecule has 108 valence electrons. The zero-order valence-corrected chi connectivity index (χ0v) is 14.0. The van der Waals surface area contributed by atoms with E-state index in [0.29, 0.717) is 15.9 Å². The topological polar surface area (TPSA) is 49.4 Å². The van der Waals surface area contributed by atoms with Gasteiger partial charge >= 0.3 is 0 Å². The lowest BCUT2D eigenvalue weighted by atomic mass is 10.2. The van der Waals surface area contributed by atoms with Crippen molar-refractivity contribution in [2.75, 3.05) is 20.1 Å². The van der Waals surface area contributed by atoms with E-state index in [2.05, 4.69) is 28.2 Å². The number of nitrogens with one attached hydrogen (secondary N) is 1. The lowest BCUT2D eigenvalue weighted by Crippen LogP contribution is -2.26. The van der Waals surface area contributed by atoms with Gasteiger partial charge < -0.3 is 5.32 Å². The third-order valence-electron chi connectivity index (χ3n) is 2.89. The summed E-state index contributed by atoms with van der Waals surface area (Å²) >= 11 is 3.36. The van der Waals surface area contributed by atoms with Crippen molar-refractivity contribution in [1.29, 1.82) is 0 Å². The van der Waals surface area contributed by atoms with Crippen molar-refractivity contribution in [2.45, 2.75) is 31.7 Å². The maximum atomic E-state index is 12.2. The highest BCUT2D eigenvalue weighted by Gasteiger charge is 2.21. The van der Waals surface area contributed by atoms with Crippen molar-refractivity contribution >= 4 is 26.0 Å². The van der Waals surface area contributed by atoms with E-state index in [9.17, 15) is 8.42 Å². The Morgan fingerprint density at radius 3 is 2.53 bits per heavy atom. The molecule has 0 bridgehead atoms. The van der Waals surface area contributed by atoms with E-state index >= 15 is 0 Å². The lowest BCUT2D eigenvalue weighted by molar-refractivity contribution is 0.486. The van der Waals surface area contributed by atoms with Crippen LogP contribution in [0.15, 0.2) is 27.6 Å². The number of benzene rings is 1. The zero-order valence-electron chi connectivity index (χ0n) is 11.6. The summed E-state index contributed by atoms with van der Waals surface area (Å²) in [6, 6.07) is 5.37. The maximum Gasteiger partial charge on any atom is 0.243 e. The molecule has 0 spiro atoms. The predicted octanol–water partition coefficient (Wildman–Crippen LogP) is 2.59. The van der Waals surface area contributed by atoms with Gasteiger partial charge in [0.1, 0.15) is 0 Å². The number of halogens is 1. The molecule has 0 saturated carbocycles. The smallest absolute Gasteiger partial charge is 0.243 e. The quantitative estimate of drug-likeness (QED) is 0.770. The molecule has 0 atom stereocenters. The maximum absolute atomic E-state index is 12.2. The third kappa shape index (κ3) is 4.27. The molecule has 1 N–H and O–H groups in total. The first kappa shape index (κ1) is 16.6. The Hall–Kier alpha value is -0.430. The molecule has 6 heteroatoms. The van der Waals surface area contributed by atoms with E-state index in [1.54, 1.807) is 13.1 Å². The second-order valence-corrected chi connectivity index (χ2v) is 7.23. The largest absolute Gasteiger partial charge is 0.313 e. The number of rotatable bonds is 7. The molecule has 0 amide bonds. The van der Waals surface area contributed by atoms with Crippen molar-refractivity contribution in [3.05, 3.63) is 28.2 Å². The average Bonchev–Trinajstić information content (AvgIpc) is 2.37. The molecule has 19 heavy (non-hydrogen) atoms. The molecule has 0 aliphatic heterocycles. The number of hydrogen-bond donors (Lipinski definition) is 1. The van der Waals surface area contributed by atoms with Crippen LogP contribution in [0, 0.1) is 0 Å². The van der Waals surface area contributed by atoms with Crippen LogP contribution >= 0.6 is 15.9 Å². The van der Waals surface area contributed by atoms with Gasteiger partial charge in [-0.1, -0.05) is 19.9 Å². The van der Waals surface area contributed by atoms with Gasteiger partial charge in [0.05, 0.1) is 4.90 Å². The predicted molar refractivity (Wildman–Crippen MR) is 81.6 cm³/mol. The van der Waals surface area contributed by atoms with Gasteiger partial charge in [-0.05, 0) is 46.6 Å². The first-order valence-corrected chi connectivity index (χ1v) is 8.62. The molecule has 0 radical (unpaired) electrons. The summed E-state index contributed by atoms with van der Waals surface area (Å²) in [6.45, 7) is 6.08. The highest BCUT2D eigenvalue weighted by Crippen LogP contribution is 2.25. The number of nitrogens with zero attached hydrogens (tertiary/aromatic N) is 1. The summed E-state index contributed by atoms with van der Waals surface area (Å²) in [5.41, 5.74) is 1.07. The molecule has 0 aliphatic rings. The fourth-order valence-corrected chi connectivity index (χ4v) is 3.87. The Morgan fingerprint density at radius 2 is 2.00 bits per heavy atom. The molecule has 0 aliphatic carbocycles. The van der Waals surface area contributed by atoms with Crippen molar-refractivity contribution < 1.29 is 8.42 Å². The average molecular weight is 349 g/mol. The van der Waals surface area contributed by atoms with Gasteiger partial charge in [-0.2, -0.15) is 0 Å². The minimum atomic E-state index is -3.40. The highest BCUT2D eigenvalue weighted by atomic mass is 79.9. The Kier molecular flexibility index (Phi) is 6.46. The van der Waals surface area contributed by atoms with Crippen molar-refractivity contribution in [2.24, 2.45) is 0 Å². The van der Waals surface area contributed by atoms with E-state index in [4.69, 9.17) is 0 Å². The van der Waals surface area contributed by atoms with Crippen LogP contribution in [0.1, 0.15) is 25.8 Å². The molecule has 1 aromatic carbocycles. The molecular formula is C13H21BrN2O2S. The minimum Gasteiger partial charge on any atom is -0.313 e. The first-order chi connectivity index (χ1) is 8.93. The number of hydrogen-bond acceptors (Lipinski definition) is 3. The summed E-state index contributed by atoms with van der Waals surface area (Å²) in [6.07, 6.45) is 1.08. The molecule has 0 saturated heterocycles. The Bertz CT molecular complexity index is 517. The van der Waals surface area contributed by atoms with Crippen LogP contribution in [0.3, 0.4) is 0 Å². The number of sulfonamides is 1. The van der Waals surface area contributed by atoms with Crippen LogP contribution in [0.5, 0.6) is 0 Å². The van der Waals surface area contributed by atoms with E-state index in [1.165, 1.54) is 4.31 Å². The second kappa shape index (κ2) is 7.38. The van der Waals surface area contributed by atoms with Crippen molar-refractivity contribution in [3.63, 3.8) is 0 Å². The van der Waals surface area contributed by atoms with Crippen LogP contribution in [-0.4, -0.2) is 32.9 Å². The standard InChI is InChI=1S/C13H21BrN2O2S/c1-4-8-15-10-11-6-7-13(12(14)9-11)19(17,18)16(3)5-2/h6-7,9,15H,4-5,8,10H2,1-3H3. The van der Waals surface area contributed by atoms with Crippen LogP contribution in [-0.2, 0) is 16.6 Å². The van der Waals surface area contributed by atoms with Gasteiger partial charge in [0.2, 0.25) is 10.0 Å². The van der Waals surface area contributed by atoms with Gasteiger partial charge in [0.25, 0.3) is 0 Å². The second-order valence-electron chi connectivity index (χ2n) is 4.36. The first-order valence-electron chi connectivity index (χ1n) is 6.39. The zero-order chi connectivity index (χ0) is 14.5. The van der Waals surface area contributed by atoms with E-state index in [-0.39, 0.29) is 0 Å². The van der Waals surface area contributed by atoms with E-state index in [1.807, 2.05) is 19.1 Å². The highest BCUT2D eigenvalue weighted by molar-refractivity contribution is 9.10. The van der Waals surface area contributed by atoms with Gasteiger partial charge in [-0.15, -0.1) is 0 Å². The summed E-state index contributed by atoms with van der Waals surface area (Å²) in [5, 5.41) is 3.29. The van der Waals surface area contributed by atoms with Crippen molar-refractivity contribution in [1.82, 2.24) is 9.62 Å². The molecule has 0 unspecified atom stereocenters. The fraction of sp³-hybridized carbons (Fsp3) is 0.538. The Labute approximate surface area is 124 Å². The molecule has 1 rings (SSSR count). The van der Waals surface area contributed by atoms with Gasteiger partial charge in [0, 0.05) is 24.6 Å². The van der Waals surface area contributed by atoms with Crippen LogP contribution in [0.2, 0.25) is 0 Å². The van der Waals surface area contributed by atoms with Gasteiger partial charge in [0.15, 0.2) is 0 Å². The molecule has 1 aromatic rings. The monoisotopic (exact) mass is 348 g/mol. The Balaban J connectivity index is 2.95. The van der Waals surface area contributed by atoms with Crippen LogP contribution in [0.4, 0.5) is 0 Å². The summed E-state index contributed by atoms with van der Waals surface area (Å²) in [5.74, 6) is 0. The van der Waals surface area contributed by atoms with Crippen LogP contribution < -0.4 is 5.32 Å². The van der Waals surface area contributed by atoms with E-state index in [0.717, 1.165) is 25.1 Å². The van der Waals surface area contributed by atoms with Gasteiger partial charge in [-0.25, -0.2) is 12.7 Å². The molecular weight excluding hydrogens is 328 g/mol. The summed E-state index contributed by atoms with van der Waals surface area (Å²) in [7, 11) is -1.81. The minimum absolute atomic E-state index is 0.316. The summed E-state index contributed by atoms with van der Waals surface area (Å²) < 4.78 is 26.4. The fourth-order valence-electron chi connectivity index (χ4n) is 1.61. The normalized spacial score (nSPS) is 12.1. The molecule has 0 aromatic heterocycles. The van der Waals surface area contributed by atoms with Crippen molar-refractivity contribution in [3.8, 4) is 0 Å². The van der Waals surface area contributed by atoms with Gasteiger partial charge in [-0.3, -0.25) is 0 Å². The Morgan fingerprint density at radius 1 is 1.32 bits per heavy atom. The third-order valence-corrected chi connectivity index (χ3v) is 5.79. The molecule has 0 fully saturated rings. The lowest BCUT2D eigenvalue weighted by Gasteiger charge is -2.16. The van der Waals surface area contributed by atoms with E-state index < -0.39 is 10.0 Å². The summed E-state index contributed by atoms with van der Waals surface area (Å²) in [4.78, 5) is 0.316.